The fourth-order valence-corrected chi connectivity index (χ4v) is 4.85. The van der Waals surface area contributed by atoms with Crippen molar-refractivity contribution in [2.75, 3.05) is 6.61 Å². The Morgan fingerprint density at radius 2 is 1.67 bits per heavy atom. The van der Waals surface area contributed by atoms with E-state index in [0.29, 0.717) is 48.8 Å². The summed E-state index contributed by atoms with van der Waals surface area (Å²) < 4.78 is 11.7. The van der Waals surface area contributed by atoms with Crippen LogP contribution in [0.15, 0.2) is 64.5 Å². The number of hydrogen-bond donors (Lipinski definition) is 1. The lowest BCUT2D eigenvalue weighted by atomic mass is 10.1. The van der Waals surface area contributed by atoms with Gasteiger partial charge in [0.1, 0.15) is 6.61 Å². The summed E-state index contributed by atoms with van der Waals surface area (Å²) in [5.41, 5.74) is 3.55. The Morgan fingerprint density at radius 1 is 0.917 bits per heavy atom. The molecule has 0 radical (unpaired) electrons. The number of carbonyl (C=O) groups is 1. The Hall–Kier alpha value is -2.64. The van der Waals surface area contributed by atoms with E-state index in [1.807, 2.05) is 37.3 Å². The first-order valence-corrected chi connectivity index (χ1v) is 13.2. The number of amides is 1. The third kappa shape index (κ3) is 6.56. The molecule has 1 heterocycles. The van der Waals surface area contributed by atoms with Crippen LogP contribution in [0.3, 0.4) is 0 Å². The Labute approximate surface area is 229 Å². The Kier molecular flexibility index (Phi) is 8.86. The number of aliphatic imine (C=N–C) groups is 1. The molecular formula is C27H23Cl3N2O3S. The molecule has 1 saturated heterocycles. The van der Waals surface area contributed by atoms with Crippen molar-refractivity contribution in [2.45, 2.75) is 26.9 Å². The normalized spacial score (nSPS) is 15.4. The number of amidine groups is 1. The zero-order chi connectivity index (χ0) is 25.7. The van der Waals surface area contributed by atoms with Gasteiger partial charge in [-0.05, 0) is 84.3 Å². The largest absolute Gasteiger partial charge is 0.490 e. The van der Waals surface area contributed by atoms with Crippen molar-refractivity contribution in [3.63, 3.8) is 0 Å². The molecule has 0 aromatic heterocycles. The van der Waals surface area contributed by atoms with Gasteiger partial charge >= 0.3 is 0 Å². The molecule has 1 N–H and O–H groups in total. The highest BCUT2D eigenvalue weighted by atomic mass is 35.5. The van der Waals surface area contributed by atoms with Crippen LogP contribution in [0.5, 0.6) is 11.5 Å². The second-order valence-corrected chi connectivity index (χ2v) is 10.1. The van der Waals surface area contributed by atoms with Crippen LogP contribution in [0.25, 0.3) is 6.08 Å². The molecule has 0 atom stereocenters. The molecule has 5 nitrogen and oxygen atoms in total. The van der Waals surface area contributed by atoms with E-state index in [-0.39, 0.29) is 12.5 Å². The number of thioether (sulfide) groups is 1. The van der Waals surface area contributed by atoms with Crippen molar-refractivity contribution in [1.29, 1.82) is 0 Å². The van der Waals surface area contributed by atoms with E-state index in [4.69, 9.17) is 44.3 Å². The van der Waals surface area contributed by atoms with E-state index in [1.54, 1.807) is 30.3 Å². The second kappa shape index (κ2) is 12.1. The first kappa shape index (κ1) is 26.4. The molecule has 0 bridgehead atoms. The van der Waals surface area contributed by atoms with Crippen molar-refractivity contribution < 1.29 is 14.3 Å². The molecule has 1 fully saturated rings. The number of halogens is 3. The number of nitrogens with zero attached hydrogens (tertiary/aromatic N) is 1. The zero-order valence-corrected chi connectivity index (χ0v) is 22.7. The Balaban J connectivity index is 1.54. The molecular weight excluding hydrogens is 539 g/mol. The summed E-state index contributed by atoms with van der Waals surface area (Å²) >= 11 is 19.9. The van der Waals surface area contributed by atoms with Crippen molar-refractivity contribution in [3.8, 4) is 11.5 Å². The Bertz CT molecular complexity index is 1340. The van der Waals surface area contributed by atoms with E-state index >= 15 is 0 Å². The summed E-state index contributed by atoms with van der Waals surface area (Å²) in [4.78, 5) is 17.6. The monoisotopic (exact) mass is 560 g/mol. The van der Waals surface area contributed by atoms with Gasteiger partial charge in [-0.2, -0.15) is 0 Å². The molecule has 1 aliphatic rings. The van der Waals surface area contributed by atoms with Crippen molar-refractivity contribution in [2.24, 2.45) is 4.99 Å². The van der Waals surface area contributed by atoms with Crippen LogP contribution in [0.4, 0.5) is 5.69 Å². The summed E-state index contributed by atoms with van der Waals surface area (Å²) in [6.45, 7) is 4.62. The summed E-state index contributed by atoms with van der Waals surface area (Å²) in [5.74, 6) is 0.663. The maximum atomic E-state index is 12.6. The van der Waals surface area contributed by atoms with Gasteiger partial charge in [0.25, 0.3) is 5.91 Å². The lowest BCUT2D eigenvalue weighted by Crippen LogP contribution is -2.19. The number of hydrogen-bond acceptors (Lipinski definition) is 5. The van der Waals surface area contributed by atoms with E-state index in [1.165, 1.54) is 17.3 Å². The molecule has 1 amide bonds. The summed E-state index contributed by atoms with van der Waals surface area (Å²) in [6, 6.07) is 16.7. The topological polar surface area (TPSA) is 59.9 Å². The summed E-state index contributed by atoms with van der Waals surface area (Å²) in [5, 5.41) is 4.62. The number of rotatable bonds is 8. The average Bonchev–Trinajstić information content (AvgIpc) is 3.19. The number of benzene rings is 3. The van der Waals surface area contributed by atoms with Gasteiger partial charge in [0.15, 0.2) is 16.7 Å². The number of nitrogens with one attached hydrogen (secondary N) is 1. The first-order valence-electron chi connectivity index (χ1n) is 11.3. The molecule has 9 heteroatoms. The molecule has 0 unspecified atom stereocenters. The van der Waals surface area contributed by atoms with Gasteiger partial charge in [-0.15, -0.1) is 0 Å². The molecule has 36 heavy (non-hydrogen) atoms. The lowest BCUT2D eigenvalue weighted by molar-refractivity contribution is -0.115. The average molecular weight is 562 g/mol. The van der Waals surface area contributed by atoms with Crippen LogP contribution in [0, 0.1) is 0 Å². The van der Waals surface area contributed by atoms with Crippen molar-refractivity contribution >= 4 is 69.4 Å². The number of carbonyl (C=O) groups excluding carboxylic acids is 1. The molecule has 0 spiro atoms. The Morgan fingerprint density at radius 3 is 2.36 bits per heavy atom. The van der Waals surface area contributed by atoms with E-state index in [9.17, 15) is 4.79 Å². The maximum absolute atomic E-state index is 12.6. The van der Waals surface area contributed by atoms with Gasteiger partial charge in [-0.1, -0.05) is 59.9 Å². The van der Waals surface area contributed by atoms with Gasteiger partial charge < -0.3 is 14.8 Å². The third-order valence-electron chi connectivity index (χ3n) is 5.22. The highest BCUT2D eigenvalue weighted by Crippen LogP contribution is 2.39. The van der Waals surface area contributed by atoms with Crippen molar-refractivity contribution in [1.82, 2.24) is 5.32 Å². The van der Waals surface area contributed by atoms with Crippen molar-refractivity contribution in [3.05, 3.63) is 91.3 Å². The predicted molar refractivity (Wildman–Crippen MR) is 150 cm³/mol. The smallest absolute Gasteiger partial charge is 0.264 e. The highest BCUT2D eigenvalue weighted by molar-refractivity contribution is 8.18. The van der Waals surface area contributed by atoms with Gasteiger partial charge in [0.2, 0.25) is 0 Å². The minimum Gasteiger partial charge on any atom is -0.490 e. The second-order valence-electron chi connectivity index (χ2n) is 7.80. The lowest BCUT2D eigenvalue weighted by Gasteiger charge is -2.15. The maximum Gasteiger partial charge on any atom is 0.264 e. The zero-order valence-electron chi connectivity index (χ0n) is 19.6. The molecule has 3 aromatic carbocycles. The minimum absolute atomic E-state index is 0.224. The number of ether oxygens (including phenoxy) is 2. The molecule has 1 aliphatic heterocycles. The van der Waals surface area contributed by atoms with Crippen LogP contribution >= 0.6 is 46.6 Å². The van der Waals surface area contributed by atoms with E-state index in [2.05, 4.69) is 17.2 Å². The first-order chi connectivity index (χ1) is 17.4. The van der Waals surface area contributed by atoms with Gasteiger partial charge in [-0.3, -0.25) is 4.79 Å². The molecule has 4 rings (SSSR count). The minimum atomic E-state index is -0.224. The quantitative estimate of drug-likeness (QED) is 0.282. The third-order valence-corrected chi connectivity index (χ3v) is 7.15. The van der Waals surface area contributed by atoms with Crippen LogP contribution in [-0.2, 0) is 17.8 Å². The molecule has 0 aliphatic carbocycles. The molecule has 0 saturated carbocycles. The van der Waals surface area contributed by atoms with E-state index < -0.39 is 0 Å². The van der Waals surface area contributed by atoms with Crippen LogP contribution < -0.4 is 14.8 Å². The fraction of sp³-hybridized carbons (Fsp3) is 0.185. The highest BCUT2D eigenvalue weighted by Gasteiger charge is 2.24. The SMILES string of the molecule is CCOc1cc(/C=C2\SC(=Nc3ccc(CC)cc3)NC2=O)cc(Cl)c1OCc1ccc(Cl)c(Cl)c1. The fourth-order valence-electron chi connectivity index (χ4n) is 3.41. The van der Waals surface area contributed by atoms with Gasteiger partial charge in [0.05, 0.1) is 32.3 Å². The summed E-state index contributed by atoms with van der Waals surface area (Å²) in [7, 11) is 0. The van der Waals surface area contributed by atoms with Crippen LogP contribution in [0.2, 0.25) is 15.1 Å². The van der Waals surface area contributed by atoms with Gasteiger partial charge in [0, 0.05) is 0 Å². The molecule has 186 valence electrons. The van der Waals surface area contributed by atoms with Crippen LogP contribution in [0.1, 0.15) is 30.5 Å². The van der Waals surface area contributed by atoms with Crippen LogP contribution in [-0.4, -0.2) is 17.7 Å². The number of aryl methyl sites for hydroxylation is 1. The predicted octanol–water partition coefficient (Wildman–Crippen LogP) is 8.08. The standard InChI is InChI=1S/C27H23Cl3N2O3S/c1-3-16-5-8-19(9-6-16)31-27-32-26(33)24(36-27)14-18-12-22(30)25(23(13-18)34-4-2)35-15-17-7-10-20(28)21(29)11-17/h5-14H,3-4,15H2,1-2H3,(H,31,32,33)/b24-14-. The van der Waals surface area contributed by atoms with E-state index in [0.717, 1.165) is 17.7 Å². The summed E-state index contributed by atoms with van der Waals surface area (Å²) in [6.07, 6.45) is 2.71. The van der Waals surface area contributed by atoms with Gasteiger partial charge in [-0.25, -0.2) is 4.99 Å². The molecule has 3 aromatic rings.